The van der Waals surface area contributed by atoms with E-state index < -0.39 is 75.0 Å². The largest absolute Gasteiger partial charge is 0.505 e. The number of hydrogen-bond donors (Lipinski definition) is 9. The number of phenolic OH excluding ortho intramolecular Hbond substituents is 1. The normalized spacial score (nSPS) is 11.7. The fourth-order valence-corrected chi connectivity index (χ4v) is 10.7. The molecule has 0 saturated heterocycles. The summed E-state index contributed by atoms with van der Waals surface area (Å²) in [7, 11) is -19.1. The van der Waals surface area contributed by atoms with E-state index in [0.717, 1.165) is 17.9 Å². The average molecular weight is 1160 g/mol. The molecule has 0 radical (unpaired) electrons. The van der Waals surface area contributed by atoms with Crippen LogP contribution in [0.3, 0.4) is 0 Å². The summed E-state index contributed by atoms with van der Waals surface area (Å²) in [5.41, 5.74) is 31.6. The van der Waals surface area contributed by atoms with Gasteiger partial charge in [-0.15, -0.1) is 5.11 Å². The summed E-state index contributed by atoms with van der Waals surface area (Å²) in [5, 5.41) is 28.8. The van der Waals surface area contributed by atoms with Crippen molar-refractivity contribution in [2.45, 2.75) is 19.6 Å². The summed E-state index contributed by atoms with van der Waals surface area (Å²) in [6.07, 6.45) is 0. The highest BCUT2D eigenvalue weighted by Crippen LogP contribution is 2.40. The highest BCUT2D eigenvalue weighted by atomic mass is 32.3. The number of phenols is 1. The molecule has 0 heterocycles. The number of benzene rings is 8. The Labute approximate surface area is 444 Å². The zero-order valence-corrected chi connectivity index (χ0v) is 44.6. The van der Waals surface area contributed by atoms with Gasteiger partial charge in [0.05, 0.1) is 78.1 Å². The highest BCUT2D eigenvalue weighted by Gasteiger charge is 2.19. The Morgan fingerprint density at radius 3 is 1.48 bits per heavy atom. The summed E-state index contributed by atoms with van der Waals surface area (Å²) in [6, 6.07) is 45.8. The maximum absolute atomic E-state index is 12.8. The van der Waals surface area contributed by atoms with Crippen molar-refractivity contribution in [3.8, 4) is 5.75 Å². The number of aliphatic hydroxyl groups excluding tert-OH is 1. The Morgan fingerprint density at radius 2 is 0.922 bits per heavy atom. The second-order valence-electron chi connectivity index (χ2n) is 15.4. The molecule has 0 aliphatic carbocycles. The van der Waals surface area contributed by atoms with Gasteiger partial charge in [-0.05, 0) is 95.7 Å². The van der Waals surface area contributed by atoms with Crippen LogP contribution in [0.25, 0.3) is 21.5 Å². The van der Waals surface area contributed by atoms with E-state index in [4.69, 9.17) is 42.9 Å². The summed E-state index contributed by atoms with van der Waals surface area (Å²) < 4.78 is 137. The number of rotatable bonds is 14. The third-order valence-corrected chi connectivity index (χ3v) is 16.3. The van der Waals surface area contributed by atoms with Crippen molar-refractivity contribution in [2.24, 2.45) is 10.2 Å². The van der Waals surface area contributed by atoms with Gasteiger partial charge in [0, 0.05) is 18.2 Å². The molecule has 410 valence electrons. The molecule has 0 amide bonds. The van der Waals surface area contributed by atoms with Crippen molar-refractivity contribution in [3.05, 3.63) is 170 Å². The first kappa shape index (κ1) is 61.8. The fourth-order valence-electron chi connectivity index (χ4n) is 6.43. The van der Waals surface area contributed by atoms with Gasteiger partial charge >= 0.3 is 20.8 Å². The van der Waals surface area contributed by atoms with E-state index in [1.54, 1.807) is 72.8 Å². The van der Waals surface area contributed by atoms with E-state index in [1.165, 1.54) is 60.7 Å². The van der Waals surface area contributed by atoms with E-state index in [9.17, 15) is 47.2 Å². The van der Waals surface area contributed by atoms with Gasteiger partial charge in [0.1, 0.15) is 11.4 Å². The standard InChI is InChI=1S/C22H18N4O3S.C10H10N2.C8H11NO6S2.C8H10O6S2.CH4O/c23-18-11-9-14-10-12-19(21(24)20(14)22(18)27)26-25-15-5-4-8-17(13-15)30(28,29)16-6-2-1-3-7-16;11-9-6-5-7-3-1-2-4-8(7)10(9)12;9-7-1-3-8(4-2-7)16(10,11)6-5-15-17(12,13)14;9-15(10,7-6-14-16(11,12)13)8-4-2-1-3-5-8;1-2/h1-13,27H,23-24H2;1-6H,11-12H2;1-4H,5-6,9H2,(H,12,13,14);1-5H,6-7H2,(H,11,12,13);2H,1H3. The smallest absolute Gasteiger partial charge is 0.397 e. The van der Waals surface area contributed by atoms with Gasteiger partial charge in [-0.2, -0.15) is 21.9 Å². The number of anilines is 5. The predicted molar refractivity (Wildman–Crippen MR) is 294 cm³/mol. The lowest BCUT2D eigenvalue weighted by molar-refractivity contribution is 0.282. The number of azo groups is 1. The number of nitrogens with two attached hydrogens (primary N) is 5. The molecule has 8 aromatic carbocycles. The molecular formula is C49H53N7O16S5. The second-order valence-corrected chi connectivity index (χ2v) is 23.8. The Morgan fingerprint density at radius 1 is 0.455 bits per heavy atom. The average Bonchev–Trinajstić information content (AvgIpc) is 3.39. The van der Waals surface area contributed by atoms with Crippen LogP contribution in [0.4, 0.5) is 39.8 Å². The van der Waals surface area contributed by atoms with Crippen LogP contribution in [-0.4, -0.2) is 93.2 Å². The van der Waals surface area contributed by atoms with E-state index in [1.807, 2.05) is 36.4 Å². The summed E-state index contributed by atoms with van der Waals surface area (Å²) in [6.45, 7) is -1.26. The molecule has 0 fully saturated rings. The number of nitrogens with zero attached hydrogens (tertiary/aromatic N) is 2. The monoisotopic (exact) mass is 1160 g/mol. The highest BCUT2D eigenvalue weighted by molar-refractivity contribution is 7.92. The number of hydrogen-bond acceptors (Lipinski definition) is 21. The zero-order chi connectivity index (χ0) is 57.2. The quantitative estimate of drug-likeness (QED) is 0.0236. The van der Waals surface area contributed by atoms with E-state index in [0.29, 0.717) is 39.2 Å². The van der Waals surface area contributed by atoms with Crippen LogP contribution in [0.1, 0.15) is 0 Å². The number of aliphatic hydroxyl groups is 1. The maximum Gasteiger partial charge on any atom is 0.397 e. The second kappa shape index (κ2) is 27.3. The molecular weight excluding hydrogens is 1100 g/mol. The first-order valence-corrected chi connectivity index (χ1v) is 29.4. The Balaban J connectivity index is 0.000000234. The van der Waals surface area contributed by atoms with E-state index >= 15 is 0 Å². The van der Waals surface area contributed by atoms with Gasteiger partial charge in [0.15, 0.2) is 19.7 Å². The lowest BCUT2D eigenvalue weighted by atomic mass is 10.1. The minimum absolute atomic E-state index is 0.00522. The summed E-state index contributed by atoms with van der Waals surface area (Å²) in [4.78, 5) is 0.396. The van der Waals surface area contributed by atoms with E-state index in [2.05, 4.69) is 18.6 Å². The van der Waals surface area contributed by atoms with Crippen LogP contribution < -0.4 is 28.7 Å². The van der Waals surface area contributed by atoms with Crippen molar-refractivity contribution in [1.82, 2.24) is 0 Å². The molecule has 8 aromatic rings. The fraction of sp³-hybridized carbons (Fsp3) is 0.102. The minimum Gasteiger partial charge on any atom is -0.505 e. The van der Waals surface area contributed by atoms with Crippen LogP contribution in [-0.2, 0) is 58.7 Å². The van der Waals surface area contributed by atoms with E-state index in [-0.39, 0.29) is 36.7 Å². The molecule has 0 spiro atoms. The van der Waals surface area contributed by atoms with Crippen LogP contribution in [0.5, 0.6) is 5.75 Å². The lowest BCUT2D eigenvalue weighted by Crippen LogP contribution is -2.15. The molecule has 0 unspecified atom stereocenters. The third-order valence-electron chi connectivity index (χ3n) is 10.2. The van der Waals surface area contributed by atoms with Crippen LogP contribution in [0.15, 0.2) is 200 Å². The SMILES string of the molecule is CO.Nc1ccc(S(=O)(=O)CCOS(=O)(=O)O)cc1.Nc1ccc2ccc(N=Nc3cccc(S(=O)(=O)c4ccccc4)c3)c(N)c2c1O.Nc1ccc2ccccc2c1N.O=S(=O)(O)OCCS(=O)(=O)c1ccccc1. The van der Waals surface area contributed by atoms with Gasteiger partial charge in [-0.25, -0.2) is 33.6 Å². The molecule has 0 saturated carbocycles. The van der Waals surface area contributed by atoms with Gasteiger partial charge in [-0.1, -0.05) is 84.9 Å². The van der Waals surface area contributed by atoms with Crippen LogP contribution in [0, 0.1) is 0 Å². The molecule has 77 heavy (non-hydrogen) atoms. The molecule has 23 nitrogen and oxygen atoms in total. The van der Waals surface area contributed by atoms with Gasteiger partial charge < -0.3 is 38.9 Å². The van der Waals surface area contributed by atoms with Crippen molar-refractivity contribution in [1.29, 1.82) is 0 Å². The number of aromatic hydroxyl groups is 1. The Bertz CT molecular complexity index is 3900. The van der Waals surface area contributed by atoms with Gasteiger partial charge in [0.25, 0.3) is 0 Å². The molecule has 0 aromatic heterocycles. The molecule has 0 aliphatic heterocycles. The van der Waals surface area contributed by atoms with Gasteiger partial charge in [-0.3, -0.25) is 9.11 Å². The summed E-state index contributed by atoms with van der Waals surface area (Å²) in [5.74, 6) is -1.19. The molecule has 0 aliphatic rings. The molecule has 14 N–H and O–H groups in total. The number of nitrogen functional groups attached to an aromatic ring is 5. The Kier molecular flexibility index (Phi) is 21.9. The summed E-state index contributed by atoms with van der Waals surface area (Å²) >= 11 is 0. The predicted octanol–water partition coefficient (Wildman–Crippen LogP) is 6.71. The molecule has 28 heteroatoms. The Hall–Kier alpha value is -7.77. The third kappa shape index (κ3) is 18.5. The van der Waals surface area contributed by atoms with Crippen LogP contribution >= 0.6 is 0 Å². The lowest BCUT2D eigenvalue weighted by Gasteiger charge is -2.09. The zero-order valence-electron chi connectivity index (χ0n) is 40.5. The van der Waals surface area contributed by atoms with Crippen LogP contribution in [0.2, 0.25) is 0 Å². The first-order chi connectivity index (χ1) is 36.2. The molecule has 8 rings (SSSR count). The molecule has 0 bridgehead atoms. The van der Waals surface area contributed by atoms with Gasteiger partial charge in [0.2, 0.25) is 9.84 Å². The van der Waals surface area contributed by atoms with Crippen molar-refractivity contribution < 1.29 is 69.8 Å². The maximum atomic E-state index is 12.8. The number of sulfone groups is 3. The minimum atomic E-state index is -4.62. The first-order valence-electron chi connectivity index (χ1n) is 21.9. The van der Waals surface area contributed by atoms with Crippen molar-refractivity contribution in [3.63, 3.8) is 0 Å². The topological polar surface area (TPSA) is 425 Å². The number of fused-ring (bicyclic) bond motifs is 2. The molecule has 0 atom stereocenters. The van der Waals surface area contributed by atoms with Crippen molar-refractivity contribution >= 4 is 112 Å². The van der Waals surface area contributed by atoms with Crippen molar-refractivity contribution in [2.75, 3.05) is 60.5 Å².